The van der Waals surface area contributed by atoms with Crippen molar-refractivity contribution in [1.29, 1.82) is 0 Å². The normalized spacial score (nSPS) is 18.7. The van der Waals surface area contributed by atoms with Crippen molar-refractivity contribution in [1.82, 2.24) is 0 Å². The fraction of sp³-hybridized carbons (Fsp3) is 0.136. The van der Waals surface area contributed by atoms with Gasteiger partial charge in [-0.25, -0.2) is 0 Å². The molecule has 130 valence electrons. The summed E-state index contributed by atoms with van der Waals surface area (Å²) in [6.45, 7) is 0. The Hall–Kier alpha value is -3.27. The first kappa shape index (κ1) is 16.2. The standard InChI is InChI=1S/C22H18O4/c1-25-18-11-12-19-20(24)14-22(26-21(19)13-18,15-5-3-2-4-6-15)16-7-9-17(23)10-8-16/h2-13,23H,14H2,1H3/t22-/m0/s1. The number of ether oxygens (including phenoxy) is 2. The van der Waals surface area contributed by atoms with Gasteiger partial charge in [-0.05, 0) is 24.3 Å². The summed E-state index contributed by atoms with van der Waals surface area (Å²) in [5, 5.41) is 9.66. The lowest BCUT2D eigenvalue weighted by Gasteiger charge is -2.39. The Morgan fingerprint density at radius 2 is 1.65 bits per heavy atom. The zero-order chi connectivity index (χ0) is 18.1. The van der Waals surface area contributed by atoms with Gasteiger partial charge in [-0.1, -0.05) is 42.5 Å². The van der Waals surface area contributed by atoms with Gasteiger partial charge < -0.3 is 14.6 Å². The van der Waals surface area contributed by atoms with Crippen LogP contribution in [0.4, 0.5) is 0 Å². The molecule has 26 heavy (non-hydrogen) atoms. The number of phenolic OH excluding ortho intramolecular Hbond substituents is 1. The number of Topliss-reactive ketones (excluding diaryl/α,β-unsaturated/α-hetero) is 1. The summed E-state index contributed by atoms with van der Waals surface area (Å²) in [6.07, 6.45) is 0.182. The average Bonchev–Trinajstić information content (AvgIpc) is 2.68. The van der Waals surface area contributed by atoms with E-state index in [1.165, 1.54) is 0 Å². The van der Waals surface area contributed by atoms with Crippen molar-refractivity contribution in [2.75, 3.05) is 7.11 Å². The molecule has 0 aromatic heterocycles. The first-order chi connectivity index (χ1) is 12.6. The molecule has 4 rings (SSSR count). The third-order valence-corrected chi connectivity index (χ3v) is 4.76. The predicted octanol–water partition coefficient (Wildman–Crippen LogP) is 4.31. The molecule has 1 aliphatic heterocycles. The molecule has 0 saturated heterocycles. The van der Waals surface area contributed by atoms with Crippen LogP contribution in [0.1, 0.15) is 27.9 Å². The van der Waals surface area contributed by atoms with Crippen LogP contribution in [0.25, 0.3) is 0 Å². The Labute approximate surface area is 151 Å². The Morgan fingerprint density at radius 1 is 0.962 bits per heavy atom. The highest BCUT2D eigenvalue weighted by atomic mass is 16.5. The van der Waals surface area contributed by atoms with Gasteiger partial charge in [0.15, 0.2) is 11.4 Å². The van der Waals surface area contributed by atoms with Gasteiger partial charge in [-0.15, -0.1) is 0 Å². The van der Waals surface area contributed by atoms with Crippen molar-refractivity contribution in [2.45, 2.75) is 12.0 Å². The summed E-state index contributed by atoms with van der Waals surface area (Å²) in [6, 6.07) is 21.7. The number of methoxy groups -OCH3 is 1. The maximum Gasteiger partial charge on any atom is 0.171 e. The quantitative estimate of drug-likeness (QED) is 0.768. The first-order valence-electron chi connectivity index (χ1n) is 8.38. The molecule has 1 atom stereocenters. The number of aromatic hydroxyl groups is 1. The third kappa shape index (κ3) is 2.60. The van der Waals surface area contributed by atoms with Crippen LogP contribution in [-0.2, 0) is 5.60 Å². The first-order valence-corrected chi connectivity index (χ1v) is 8.38. The summed E-state index contributed by atoms with van der Waals surface area (Å²) < 4.78 is 11.7. The lowest BCUT2D eigenvalue weighted by atomic mass is 9.79. The fourth-order valence-corrected chi connectivity index (χ4v) is 3.42. The third-order valence-electron chi connectivity index (χ3n) is 4.76. The van der Waals surface area contributed by atoms with Crippen LogP contribution in [0, 0.1) is 0 Å². The van der Waals surface area contributed by atoms with Crippen molar-refractivity contribution in [3.63, 3.8) is 0 Å². The number of fused-ring (bicyclic) bond motifs is 1. The molecule has 0 fully saturated rings. The van der Waals surface area contributed by atoms with Gasteiger partial charge >= 0.3 is 0 Å². The van der Waals surface area contributed by atoms with E-state index in [4.69, 9.17) is 9.47 Å². The van der Waals surface area contributed by atoms with Crippen LogP contribution >= 0.6 is 0 Å². The van der Waals surface area contributed by atoms with Crippen molar-refractivity contribution in [3.05, 3.63) is 89.5 Å². The van der Waals surface area contributed by atoms with Gasteiger partial charge in [0.2, 0.25) is 0 Å². The zero-order valence-electron chi connectivity index (χ0n) is 14.3. The molecule has 0 unspecified atom stereocenters. The average molecular weight is 346 g/mol. The largest absolute Gasteiger partial charge is 0.508 e. The minimum atomic E-state index is -0.953. The number of carbonyl (C=O) groups is 1. The summed E-state index contributed by atoms with van der Waals surface area (Å²) >= 11 is 0. The molecule has 0 spiro atoms. The minimum absolute atomic E-state index is 0.00540. The van der Waals surface area contributed by atoms with E-state index < -0.39 is 5.60 Å². The zero-order valence-corrected chi connectivity index (χ0v) is 14.3. The highest BCUT2D eigenvalue weighted by Gasteiger charge is 2.43. The molecule has 3 aromatic rings. The molecule has 0 aliphatic carbocycles. The summed E-state index contributed by atoms with van der Waals surface area (Å²) in [4.78, 5) is 12.9. The van der Waals surface area contributed by atoms with E-state index in [1.807, 2.05) is 30.3 Å². The van der Waals surface area contributed by atoms with Gasteiger partial charge in [0.05, 0.1) is 19.1 Å². The van der Waals surface area contributed by atoms with Gasteiger partial charge in [0.25, 0.3) is 0 Å². The van der Waals surface area contributed by atoms with E-state index in [0.29, 0.717) is 17.1 Å². The van der Waals surface area contributed by atoms with Crippen molar-refractivity contribution < 1.29 is 19.4 Å². The number of ketones is 1. The number of benzene rings is 3. The summed E-state index contributed by atoms with van der Waals surface area (Å²) in [5.41, 5.74) is 1.29. The number of carbonyl (C=O) groups excluding carboxylic acids is 1. The Kier molecular flexibility index (Phi) is 3.88. The minimum Gasteiger partial charge on any atom is -0.508 e. The molecule has 1 heterocycles. The van der Waals surface area contributed by atoms with E-state index in [2.05, 4.69) is 0 Å². The number of hydrogen-bond donors (Lipinski definition) is 1. The second-order valence-corrected chi connectivity index (χ2v) is 6.30. The van der Waals surface area contributed by atoms with E-state index >= 15 is 0 Å². The van der Waals surface area contributed by atoms with Crippen molar-refractivity contribution >= 4 is 5.78 Å². The van der Waals surface area contributed by atoms with E-state index in [-0.39, 0.29) is 18.0 Å². The Balaban J connectivity index is 1.92. The Morgan fingerprint density at radius 3 is 2.35 bits per heavy atom. The van der Waals surface area contributed by atoms with E-state index in [0.717, 1.165) is 11.1 Å². The SMILES string of the molecule is COc1ccc2c(c1)O[C@@](c1ccccc1)(c1ccc(O)cc1)CC2=O. The second-order valence-electron chi connectivity index (χ2n) is 6.30. The van der Waals surface area contributed by atoms with Crippen molar-refractivity contribution in [3.8, 4) is 17.2 Å². The van der Waals surface area contributed by atoms with E-state index in [1.54, 1.807) is 49.6 Å². The summed E-state index contributed by atoms with van der Waals surface area (Å²) in [5.74, 6) is 1.30. The predicted molar refractivity (Wildman–Crippen MR) is 97.9 cm³/mol. The maximum absolute atomic E-state index is 12.9. The monoisotopic (exact) mass is 346 g/mol. The molecular weight excluding hydrogens is 328 g/mol. The lowest BCUT2D eigenvalue weighted by molar-refractivity contribution is 0.0615. The van der Waals surface area contributed by atoms with Crippen LogP contribution in [-0.4, -0.2) is 18.0 Å². The van der Waals surface area contributed by atoms with Crippen LogP contribution in [0.2, 0.25) is 0 Å². The van der Waals surface area contributed by atoms with Crippen LogP contribution < -0.4 is 9.47 Å². The fourth-order valence-electron chi connectivity index (χ4n) is 3.42. The number of hydrogen-bond acceptors (Lipinski definition) is 4. The van der Waals surface area contributed by atoms with Gasteiger partial charge in [0.1, 0.15) is 17.2 Å². The molecule has 4 nitrogen and oxygen atoms in total. The van der Waals surface area contributed by atoms with E-state index in [9.17, 15) is 9.90 Å². The summed E-state index contributed by atoms with van der Waals surface area (Å²) in [7, 11) is 1.58. The molecule has 0 bridgehead atoms. The second kappa shape index (κ2) is 6.23. The van der Waals surface area contributed by atoms with Gasteiger partial charge in [-0.3, -0.25) is 4.79 Å². The molecule has 1 aliphatic rings. The molecular formula is C22H18O4. The molecule has 3 aromatic carbocycles. The highest BCUT2D eigenvalue weighted by molar-refractivity contribution is 6.01. The van der Waals surface area contributed by atoms with Gasteiger partial charge in [0, 0.05) is 17.2 Å². The topological polar surface area (TPSA) is 55.8 Å². The molecule has 0 amide bonds. The Bertz CT molecular complexity index is 948. The van der Waals surface area contributed by atoms with Gasteiger partial charge in [-0.2, -0.15) is 0 Å². The van der Waals surface area contributed by atoms with Crippen molar-refractivity contribution in [2.24, 2.45) is 0 Å². The number of rotatable bonds is 3. The number of phenols is 1. The molecule has 0 radical (unpaired) electrons. The van der Waals surface area contributed by atoms with Crippen LogP contribution in [0.3, 0.4) is 0 Å². The lowest BCUT2D eigenvalue weighted by Crippen LogP contribution is -2.40. The molecule has 0 saturated carbocycles. The molecule has 1 N–H and O–H groups in total. The molecule has 4 heteroatoms. The van der Waals surface area contributed by atoms with Crippen LogP contribution in [0.5, 0.6) is 17.2 Å². The maximum atomic E-state index is 12.9. The smallest absolute Gasteiger partial charge is 0.171 e. The highest BCUT2D eigenvalue weighted by Crippen LogP contribution is 2.45. The van der Waals surface area contributed by atoms with Crippen LogP contribution in [0.15, 0.2) is 72.8 Å².